The Morgan fingerprint density at radius 2 is 2.43 bits per heavy atom. The van der Waals surface area contributed by atoms with Crippen LogP contribution in [0.4, 0.5) is 4.79 Å². The van der Waals surface area contributed by atoms with Crippen molar-refractivity contribution in [3.8, 4) is 0 Å². The Kier molecular flexibility index (Phi) is 2.21. The van der Waals surface area contributed by atoms with Crippen molar-refractivity contribution in [1.29, 1.82) is 0 Å². The van der Waals surface area contributed by atoms with E-state index in [-0.39, 0.29) is 18.0 Å². The molecule has 1 saturated heterocycles. The average Bonchev–Trinajstić information content (AvgIpc) is 2.38. The lowest BCUT2D eigenvalue weighted by Crippen LogP contribution is -2.44. The minimum Gasteiger partial charge on any atom is -0.458 e. The zero-order valence-corrected chi connectivity index (χ0v) is 8.75. The Labute approximate surface area is 87.4 Å². The maximum Gasteiger partial charge on any atom is 0.364 e. The first-order chi connectivity index (χ1) is 6.51. The lowest BCUT2D eigenvalue weighted by molar-refractivity contribution is -0.149. The van der Waals surface area contributed by atoms with Gasteiger partial charge in [0.25, 0.3) is 0 Å². The number of ether oxygens (including phenoxy) is 2. The van der Waals surface area contributed by atoms with Crippen LogP contribution in [-0.4, -0.2) is 23.0 Å². The molecule has 2 rings (SSSR count). The van der Waals surface area contributed by atoms with E-state index in [0.717, 1.165) is 6.42 Å². The van der Waals surface area contributed by atoms with Gasteiger partial charge < -0.3 is 9.47 Å². The van der Waals surface area contributed by atoms with Crippen LogP contribution in [-0.2, 0) is 14.3 Å². The quantitative estimate of drug-likeness (QED) is 0.533. The molecule has 3 atom stereocenters. The average molecular weight is 216 g/mol. The summed E-state index contributed by atoms with van der Waals surface area (Å²) in [6.07, 6.45) is 1.77. The van der Waals surface area contributed by atoms with Gasteiger partial charge in [-0.25, -0.2) is 4.79 Å². The van der Waals surface area contributed by atoms with E-state index < -0.39 is 10.9 Å². The molecule has 0 amide bonds. The molecule has 3 unspecified atom stereocenters. The summed E-state index contributed by atoms with van der Waals surface area (Å²) in [4.78, 5) is 22.0. The zero-order valence-electron chi connectivity index (χ0n) is 7.86. The molecular weight excluding hydrogens is 204 g/mol. The van der Waals surface area contributed by atoms with Crippen LogP contribution >= 0.6 is 12.6 Å². The summed E-state index contributed by atoms with van der Waals surface area (Å²) in [5.74, 6) is -0.152. The van der Waals surface area contributed by atoms with Crippen LogP contribution in [0.3, 0.4) is 0 Å². The Hall–Kier alpha value is -0.710. The SMILES string of the molecule is CC1(OC(=O)S)CCC2CC1OC2=O. The van der Waals surface area contributed by atoms with Crippen molar-refractivity contribution in [2.45, 2.75) is 37.9 Å². The van der Waals surface area contributed by atoms with Crippen LogP contribution in [0, 0.1) is 5.92 Å². The number of fused-ring (bicyclic) bond motifs is 2. The number of carbonyl (C=O) groups excluding carboxylic acids is 2. The first-order valence-electron chi connectivity index (χ1n) is 4.64. The van der Waals surface area contributed by atoms with Gasteiger partial charge in [0.15, 0.2) is 0 Å². The topological polar surface area (TPSA) is 52.6 Å². The van der Waals surface area contributed by atoms with Gasteiger partial charge in [-0.1, -0.05) is 12.6 Å². The molecule has 2 fully saturated rings. The van der Waals surface area contributed by atoms with Crippen LogP contribution in [0.1, 0.15) is 26.2 Å². The van der Waals surface area contributed by atoms with E-state index in [0.29, 0.717) is 12.8 Å². The smallest absolute Gasteiger partial charge is 0.364 e. The summed E-state index contributed by atoms with van der Waals surface area (Å²) < 4.78 is 10.3. The second-order valence-electron chi connectivity index (χ2n) is 4.08. The van der Waals surface area contributed by atoms with Gasteiger partial charge >= 0.3 is 11.3 Å². The molecule has 0 aromatic carbocycles. The van der Waals surface area contributed by atoms with Crippen molar-refractivity contribution >= 4 is 23.9 Å². The molecule has 1 aliphatic heterocycles. The molecule has 1 aliphatic carbocycles. The number of hydrogen-bond acceptors (Lipinski definition) is 4. The van der Waals surface area contributed by atoms with Gasteiger partial charge in [0.1, 0.15) is 11.7 Å². The Bertz CT molecular complexity index is 291. The highest BCUT2D eigenvalue weighted by Crippen LogP contribution is 2.42. The lowest BCUT2D eigenvalue weighted by atomic mass is 9.80. The number of hydrogen-bond donors (Lipinski definition) is 1. The standard InChI is InChI=1S/C9H12O4S/c1-9(13-8(11)14)3-2-5-4-6(9)12-7(5)10/h5-6H,2-4H2,1H3,(H,11,14). The number of carbonyl (C=O) groups is 2. The number of rotatable bonds is 1. The molecule has 2 aliphatic rings. The van der Waals surface area contributed by atoms with Gasteiger partial charge in [-0.2, -0.15) is 0 Å². The van der Waals surface area contributed by atoms with Crippen molar-refractivity contribution in [2.75, 3.05) is 0 Å². The van der Waals surface area contributed by atoms with Gasteiger partial charge in [0, 0.05) is 6.42 Å². The zero-order chi connectivity index (χ0) is 10.3. The molecule has 14 heavy (non-hydrogen) atoms. The van der Waals surface area contributed by atoms with E-state index in [1.807, 2.05) is 0 Å². The van der Waals surface area contributed by atoms with Crippen molar-refractivity contribution in [3.05, 3.63) is 0 Å². The number of esters is 1. The predicted octanol–water partition coefficient (Wildman–Crippen LogP) is 1.54. The molecule has 0 aromatic rings. The van der Waals surface area contributed by atoms with Gasteiger partial charge in [-0.05, 0) is 19.8 Å². The van der Waals surface area contributed by atoms with Crippen LogP contribution in [0.5, 0.6) is 0 Å². The minimum absolute atomic E-state index is 0.00620. The summed E-state index contributed by atoms with van der Waals surface area (Å²) in [6.45, 7) is 1.79. The fourth-order valence-corrected chi connectivity index (χ4v) is 2.40. The molecule has 0 N–H and O–H groups in total. The highest BCUT2D eigenvalue weighted by molar-refractivity contribution is 7.96. The van der Waals surface area contributed by atoms with Crippen LogP contribution in [0.2, 0.25) is 0 Å². The molecule has 1 heterocycles. The van der Waals surface area contributed by atoms with Crippen molar-refractivity contribution in [2.24, 2.45) is 5.92 Å². The third-order valence-electron chi connectivity index (χ3n) is 3.08. The van der Waals surface area contributed by atoms with Gasteiger partial charge in [-0.3, -0.25) is 4.79 Å². The fraction of sp³-hybridized carbons (Fsp3) is 0.778. The van der Waals surface area contributed by atoms with Gasteiger partial charge in [0.05, 0.1) is 5.92 Å². The van der Waals surface area contributed by atoms with E-state index in [1.54, 1.807) is 6.92 Å². The lowest BCUT2D eigenvalue weighted by Gasteiger charge is -2.35. The molecule has 2 bridgehead atoms. The third-order valence-corrected chi connectivity index (χ3v) is 3.17. The molecule has 0 radical (unpaired) electrons. The maximum absolute atomic E-state index is 11.2. The predicted molar refractivity (Wildman–Crippen MR) is 51.1 cm³/mol. The molecule has 0 spiro atoms. The summed E-state index contributed by atoms with van der Waals surface area (Å²) in [5.41, 5.74) is -0.679. The molecule has 4 nitrogen and oxygen atoms in total. The summed E-state index contributed by atoms with van der Waals surface area (Å²) in [6, 6.07) is 0. The van der Waals surface area contributed by atoms with Gasteiger partial charge in [0.2, 0.25) is 0 Å². The third kappa shape index (κ3) is 1.49. The van der Waals surface area contributed by atoms with Crippen molar-refractivity contribution < 1.29 is 19.1 Å². The summed E-state index contributed by atoms with van der Waals surface area (Å²) in [7, 11) is 0. The molecule has 0 aromatic heterocycles. The van der Waals surface area contributed by atoms with E-state index in [9.17, 15) is 9.59 Å². The van der Waals surface area contributed by atoms with E-state index in [2.05, 4.69) is 12.6 Å². The maximum atomic E-state index is 11.2. The second kappa shape index (κ2) is 3.15. The van der Waals surface area contributed by atoms with Crippen molar-refractivity contribution in [1.82, 2.24) is 0 Å². The highest BCUT2D eigenvalue weighted by atomic mass is 32.1. The first-order valence-corrected chi connectivity index (χ1v) is 5.08. The fourth-order valence-electron chi connectivity index (χ4n) is 2.19. The minimum atomic E-state index is -0.679. The summed E-state index contributed by atoms with van der Waals surface area (Å²) >= 11 is 3.58. The summed E-state index contributed by atoms with van der Waals surface area (Å²) in [5, 5.41) is -0.617. The number of thiol groups is 1. The molecule has 5 heteroatoms. The Morgan fingerprint density at radius 3 is 3.07 bits per heavy atom. The van der Waals surface area contributed by atoms with Crippen LogP contribution in [0.25, 0.3) is 0 Å². The Morgan fingerprint density at radius 1 is 1.71 bits per heavy atom. The van der Waals surface area contributed by atoms with E-state index in [1.165, 1.54) is 0 Å². The molecule has 78 valence electrons. The first kappa shape index (κ1) is 9.83. The monoisotopic (exact) mass is 216 g/mol. The van der Waals surface area contributed by atoms with Crippen molar-refractivity contribution in [3.63, 3.8) is 0 Å². The van der Waals surface area contributed by atoms with E-state index >= 15 is 0 Å². The van der Waals surface area contributed by atoms with Gasteiger partial charge in [-0.15, -0.1) is 0 Å². The normalized spacial score (nSPS) is 40.6. The molecular formula is C9H12O4S. The largest absolute Gasteiger partial charge is 0.458 e. The van der Waals surface area contributed by atoms with Crippen LogP contribution < -0.4 is 0 Å². The molecule has 1 saturated carbocycles. The van der Waals surface area contributed by atoms with Crippen LogP contribution in [0.15, 0.2) is 0 Å². The highest BCUT2D eigenvalue weighted by Gasteiger charge is 2.52. The van der Waals surface area contributed by atoms with E-state index in [4.69, 9.17) is 9.47 Å². The second-order valence-corrected chi connectivity index (χ2v) is 4.44. The Balaban J connectivity index is 2.14.